The lowest BCUT2D eigenvalue weighted by Gasteiger charge is -2.22. The van der Waals surface area contributed by atoms with Crippen LogP contribution in [0.1, 0.15) is 48.1 Å². The third-order valence-corrected chi connectivity index (χ3v) is 6.89. The van der Waals surface area contributed by atoms with Crippen molar-refractivity contribution in [1.82, 2.24) is 19.9 Å². The number of rotatable bonds is 9. The number of benzene rings is 1. The van der Waals surface area contributed by atoms with E-state index in [-0.39, 0.29) is 11.6 Å². The van der Waals surface area contributed by atoms with Gasteiger partial charge in [-0.15, -0.1) is 0 Å². The summed E-state index contributed by atoms with van der Waals surface area (Å²) in [6.45, 7) is 7.16. The molecule has 9 nitrogen and oxygen atoms in total. The Kier molecular flexibility index (Phi) is 8.81. The molecule has 3 aromatic rings. The molecule has 1 aliphatic rings. The summed E-state index contributed by atoms with van der Waals surface area (Å²) in [6, 6.07) is 5.26. The number of hydrogen-bond acceptors (Lipinski definition) is 9. The van der Waals surface area contributed by atoms with E-state index in [1.165, 1.54) is 6.20 Å². The minimum atomic E-state index is -0.551. The van der Waals surface area contributed by atoms with Crippen molar-refractivity contribution in [3.05, 3.63) is 69.0 Å². The number of ether oxygens (including phenoxy) is 1. The van der Waals surface area contributed by atoms with Crippen LogP contribution in [0.25, 0.3) is 11.4 Å². The molecule has 0 bridgehead atoms. The van der Waals surface area contributed by atoms with Crippen LogP contribution < -0.4 is 15.4 Å². The average Bonchev–Trinajstić information content (AvgIpc) is 3.32. The first-order valence-corrected chi connectivity index (χ1v) is 13.1. The summed E-state index contributed by atoms with van der Waals surface area (Å²) in [4.78, 5) is 25.2. The summed E-state index contributed by atoms with van der Waals surface area (Å²) in [5.41, 5.74) is 10.1. The molecular formula is C27H31Cl2N7O2. The van der Waals surface area contributed by atoms with Crippen LogP contribution in [0.4, 0.5) is 5.82 Å². The van der Waals surface area contributed by atoms with Gasteiger partial charge in [-0.05, 0) is 38.5 Å². The van der Waals surface area contributed by atoms with Gasteiger partial charge in [-0.25, -0.2) is 19.9 Å². The van der Waals surface area contributed by atoms with E-state index in [0.717, 1.165) is 29.1 Å². The Labute approximate surface area is 232 Å². The zero-order valence-electron chi connectivity index (χ0n) is 21.9. The summed E-state index contributed by atoms with van der Waals surface area (Å²) >= 11 is 13.1. The molecule has 1 aliphatic heterocycles. The molecule has 0 spiro atoms. The third kappa shape index (κ3) is 5.90. The highest BCUT2D eigenvalue weighted by molar-refractivity contribution is 6.46. The number of hydrogen-bond donors (Lipinski definition) is 2. The van der Waals surface area contributed by atoms with E-state index < -0.39 is 6.10 Å². The molecule has 38 heavy (non-hydrogen) atoms. The van der Waals surface area contributed by atoms with Crippen molar-refractivity contribution in [2.75, 3.05) is 18.6 Å². The van der Waals surface area contributed by atoms with Crippen molar-refractivity contribution >= 4 is 34.7 Å². The maximum atomic E-state index is 10.1. The van der Waals surface area contributed by atoms with E-state index in [1.807, 2.05) is 27.0 Å². The molecular weight excluding hydrogens is 525 g/mol. The number of aromatic nitrogens is 4. The number of aliphatic hydroxyl groups excluding tert-OH is 1. The fraction of sp³-hybridized carbons (Fsp3) is 0.370. The summed E-state index contributed by atoms with van der Waals surface area (Å²) < 4.78 is 5.84. The number of aliphatic hydroxyl groups is 1. The molecule has 200 valence electrons. The minimum absolute atomic E-state index is 0.177. The summed E-state index contributed by atoms with van der Waals surface area (Å²) in [5, 5.41) is 10.8. The zero-order chi connectivity index (χ0) is 27.4. The lowest BCUT2D eigenvalue weighted by Crippen LogP contribution is -2.21. The van der Waals surface area contributed by atoms with Gasteiger partial charge in [0.05, 0.1) is 34.1 Å². The summed E-state index contributed by atoms with van der Waals surface area (Å²) in [6.07, 6.45) is 4.12. The van der Waals surface area contributed by atoms with E-state index >= 15 is 0 Å². The highest BCUT2D eigenvalue weighted by Gasteiger charge is 2.27. The predicted octanol–water partition coefficient (Wildman–Crippen LogP) is 4.72. The zero-order valence-corrected chi connectivity index (χ0v) is 23.4. The Morgan fingerprint density at radius 1 is 1.26 bits per heavy atom. The first-order valence-electron chi connectivity index (χ1n) is 12.4. The Bertz CT molecular complexity index is 1390. The summed E-state index contributed by atoms with van der Waals surface area (Å²) in [7, 11) is 1.63. The lowest BCUT2D eigenvalue weighted by atomic mass is 10.1. The van der Waals surface area contributed by atoms with Crippen LogP contribution in [0.15, 0.2) is 40.6 Å². The van der Waals surface area contributed by atoms with Gasteiger partial charge in [-0.1, -0.05) is 36.5 Å². The maximum Gasteiger partial charge on any atom is 0.163 e. The summed E-state index contributed by atoms with van der Waals surface area (Å²) in [5.74, 6) is 2.35. The number of anilines is 1. The Balaban J connectivity index is 1.81. The lowest BCUT2D eigenvalue weighted by molar-refractivity contribution is 0.0994. The van der Waals surface area contributed by atoms with Crippen LogP contribution in [0.5, 0.6) is 5.75 Å². The molecule has 3 heterocycles. The van der Waals surface area contributed by atoms with Gasteiger partial charge >= 0.3 is 0 Å². The highest BCUT2D eigenvalue weighted by atomic mass is 35.5. The number of halogens is 2. The van der Waals surface area contributed by atoms with Crippen LogP contribution in [-0.4, -0.2) is 50.5 Å². The standard InChI is InChI=1S/C27H31Cl2N7O2/c1-5-6-18(37)14-38-19-7-8-21(28)20(9-19)26-34-24(25(31-4)22(29)10-30)15(2)27(35-26)36-12-17-11-32-16(3)33-23(17)13-36/h7-11,18,37H,5-6,12-14,30H2,1-4H3/t18-/m1/s1. The maximum absolute atomic E-state index is 10.1. The van der Waals surface area contributed by atoms with E-state index in [2.05, 4.69) is 19.9 Å². The van der Waals surface area contributed by atoms with Gasteiger partial charge < -0.3 is 20.5 Å². The Hall–Kier alpha value is -3.27. The molecule has 0 saturated heterocycles. The first-order chi connectivity index (χ1) is 18.2. The molecule has 0 saturated carbocycles. The number of nitrogens with zero attached hydrogens (tertiary/aromatic N) is 6. The number of aliphatic imine (C=N–C) groups is 1. The second kappa shape index (κ2) is 12.1. The molecule has 4 rings (SSSR count). The Morgan fingerprint density at radius 2 is 2.05 bits per heavy atom. The number of nitrogens with two attached hydrogens (primary N) is 1. The second-order valence-electron chi connectivity index (χ2n) is 9.07. The molecule has 0 fully saturated rings. The van der Waals surface area contributed by atoms with Crippen LogP contribution in [0.3, 0.4) is 0 Å². The molecule has 11 heteroatoms. The van der Waals surface area contributed by atoms with E-state index in [1.54, 1.807) is 25.2 Å². The fourth-order valence-corrected chi connectivity index (χ4v) is 4.72. The van der Waals surface area contributed by atoms with Crippen molar-refractivity contribution in [2.45, 2.75) is 52.8 Å². The number of allylic oxidation sites excluding steroid dienone is 1. The van der Waals surface area contributed by atoms with Crippen LogP contribution in [0.2, 0.25) is 5.02 Å². The average molecular weight is 556 g/mol. The first kappa shape index (κ1) is 27.8. The van der Waals surface area contributed by atoms with Crippen LogP contribution in [0, 0.1) is 13.8 Å². The van der Waals surface area contributed by atoms with Gasteiger partial charge in [-0.3, -0.25) is 4.99 Å². The monoisotopic (exact) mass is 555 g/mol. The Morgan fingerprint density at radius 3 is 2.76 bits per heavy atom. The van der Waals surface area contributed by atoms with Gasteiger partial charge in [0.25, 0.3) is 0 Å². The van der Waals surface area contributed by atoms with Crippen molar-refractivity contribution in [3.63, 3.8) is 0 Å². The normalized spacial score (nSPS) is 14.6. The topological polar surface area (TPSA) is 123 Å². The largest absolute Gasteiger partial charge is 0.491 e. The van der Waals surface area contributed by atoms with E-state index in [9.17, 15) is 5.11 Å². The van der Waals surface area contributed by atoms with Gasteiger partial charge in [0, 0.05) is 42.7 Å². The molecule has 0 aliphatic carbocycles. The molecule has 3 N–H and O–H groups in total. The van der Waals surface area contributed by atoms with Gasteiger partial charge in [0.1, 0.15) is 29.7 Å². The molecule has 1 aromatic carbocycles. The third-order valence-electron chi connectivity index (χ3n) is 6.26. The quantitative estimate of drug-likeness (QED) is 0.363. The smallest absolute Gasteiger partial charge is 0.163 e. The second-order valence-corrected chi connectivity index (χ2v) is 9.89. The van der Waals surface area contributed by atoms with Crippen LogP contribution in [-0.2, 0) is 13.1 Å². The van der Waals surface area contributed by atoms with Crippen molar-refractivity contribution in [3.8, 4) is 17.1 Å². The SMILES string of the molecule is CCC[C@@H](O)COc1ccc(Cl)c(-c2nc(C(=NC)C(Cl)=CN)c(C)c(N3Cc4cnc(C)nc4C3)n2)c1. The van der Waals surface area contributed by atoms with Gasteiger partial charge in [0.2, 0.25) is 0 Å². The molecule has 1 atom stereocenters. The van der Waals surface area contributed by atoms with Crippen LogP contribution >= 0.6 is 23.2 Å². The molecule has 0 radical (unpaired) electrons. The highest BCUT2D eigenvalue weighted by Crippen LogP contribution is 2.35. The molecule has 0 unspecified atom stereocenters. The van der Waals surface area contributed by atoms with Crippen molar-refractivity contribution in [1.29, 1.82) is 0 Å². The van der Waals surface area contributed by atoms with Gasteiger partial charge in [0.15, 0.2) is 5.82 Å². The van der Waals surface area contributed by atoms with Crippen molar-refractivity contribution < 1.29 is 9.84 Å². The van der Waals surface area contributed by atoms with Crippen molar-refractivity contribution in [2.24, 2.45) is 10.7 Å². The molecule has 0 amide bonds. The predicted molar refractivity (Wildman–Crippen MR) is 151 cm³/mol. The van der Waals surface area contributed by atoms with E-state index in [4.69, 9.17) is 43.6 Å². The van der Waals surface area contributed by atoms with E-state index in [0.29, 0.717) is 58.9 Å². The van der Waals surface area contributed by atoms with Gasteiger partial charge in [-0.2, -0.15) is 0 Å². The number of fused-ring (bicyclic) bond motifs is 1. The minimum Gasteiger partial charge on any atom is -0.491 e. The number of aryl methyl sites for hydroxylation is 1. The molecule has 2 aromatic heterocycles. The fourth-order valence-electron chi connectivity index (χ4n) is 4.35.